The van der Waals surface area contributed by atoms with Crippen LogP contribution in [0.2, 0.25) is 5.02 Å². The zero-order valence-electron chi connectivity index (χ0n) is 14.8. The van der Waals surface area contributed by atoms with Crippen LogP contribution in [0.15, 0.2) is 29.2 Å². The second-order valence-corrected chi connectivity index (χ2v) is 9.90. The lowest BCUT2D eigenvalue weighted by Crippen LogP contribution is -2.55. The lowest BCUT2D eigenvalue weighted by atomic mass is 9.98. The van der Waals surface area contributed by atoms with Crippen LogP contribution in [-0.4, -0.2) is 37.7 Å². The minimum atomic E-state index is -3.77. The number of amides is 1. The van der Waals surface area contributed by atoms with Crippen molar-refractivity contribution >= 4 is 39.8 Å². The Bertz CT molecular complexity index is 731. The van der Waals surface area contributed by atoms with Gasteiger partial charge in [0.25, 0.3) is 0 Å². The van der Waals surface area contributed by atoms with Crippen molar-refractivity contribution in [2.45, 2.75) is 67.2 Å². The molecule has 1 aromatic rings. The van der Waals surface area contributed by atoms with E-state index in [1.54, 1.807) is 12.1 Å². The highest BCUT2D eigenvalue weighted by Crippen LogP contribution is 2.41. The summed E-state index contributed by atoms with van der Waals surface area (Å²) in [7, 11) is -3.77. The summed E-state index contributed by atoms with van der Waals surface area (Å²) in [5.41, 5.74) is 0. The third-order valence-electron chi connectivity index (χ3n) is 5.42. The minimum Gasteiger partial charge on any atom is -0.352 e. The van der Waals surface area contributed by atoms with Crippen LogP contribution < -0.4 is 10.6 Å². The molecule has 1 amide bonds. The number of nitrogens with one attached hydrogen (secondary N) is 2. The van der Waals surface area contributed by atoms with Crippen LogP contribution in [0.5, 0.6) is 0 Å². The predicted octanol–water partition coefficient (Wildman–Crippen LogP) is 3.11. The fourth-order valence-corrected chi connectivity index (χ4v) is 6.18. The molecule has 0 spiro atoms. The summed E-state index contributed by atoms with van der Waals surface area (Å²) in [5, 5.41) is 6.86. The highest BCUT2D eigenvalue weighted by Gasteiger charge is 2.53. The Morgan fingerprint density at radius 2 is 1.85 bits per heavy atom. The summed E-state index contributed by atoms with van der Waals surface area (Å²) in [6, 6.07) is 6.47. The van der Waals surface area contributed by atoms with Crippen LogP contribution in [0.4, 0.5) is 0 Å². The summed E-state index contributed by atoms with van der Waals surface area (Å²) in [5.74, 6) is -0.334. The number of benzene rings is 1. The Kier molecular flexibility index (Phi) is 6.99. The molecule has 3 rings (SSSR count). The molecule has 1 saturated heterocycles. The van der Waals surface area contributed by atoms with Gasteiger partial charge in [0.05, 0.1) is 4.90 Å². The number of hydrogen-bond donors (Lipinski definition) is 2. The lowest BCUT2D eigenvalue weighted by Gasteiger charge is -2.33. The van der Waals surface area contributed by atoms with Crippen LogP contribution >= 0.6 is 24.0 Å². The molecular weight excluding hydrogens is 395 g/mol. The van der Waals surface area contributed by atoms with Crippen LogP contribution in [-0.2, 0) is 14.6 Å². The Labute approximate surface area is 166 Å². The molecular formula is C18H26Cl2N2O3S. The van der Waals surface area contributed by atoms with Gasteiger partial charge in [0, 0.05) is 17.1 Å². The fraction of sp³-hybridized carbons (Fsp3) is 0.611. The van der Waals surface area contributed by atoms with Crippen LogP contribution in [0.25, 0.3) is 0 Å². The van der Waals surface area contributed by atoms with E-state index in [9.17, 15) is 13.2 Å². The molecule has 2 aliphatic rings. The number of halogens is 2. The fourth-order valence-electron chi connectivity index (χ4n) is 3.98. The first-order valence-electron chi connectivity index (χ1n) is 8.90. The van der Waals surface area contributed by atoms with Crippen molar-refractivity contribution in [3.63, 3.8) is 0 Å². The Balaban J connectivity index is 0.00000243. The molecule has 1 aromatic carbocycles. The van der Waals surface area contributed by atoms with Gasteiger partial charge in [0.1, 0.15) is 0 Å². The highest BCUT2D eigenvalue weighted by molar-refractivity contribution is 7.93. The normalized spacial score (nSPS) is 25.3. The third-order valence-corrected chi connectivity index (χ3v) is 8.19. The molecule has 2 fully saturated rings. The van der Waals surface area contributed by atoms with Gasteiger partial charge >= 0.3 is 0 Å². The number of carbonyl (C=O) groups excluding carboxylic acids is 1. The number of hydrogen-bond acceptors (Lipinski definition) is 4. The predicted molar refractivity (Wildman–Crippen MR) is 106 cm³/mol. The molecule has 1 heterocycles. The van der Waals surface area contributed by atoms with Crippen molar-refractivity contribution in [1.29, 1.82) is 0 Å². The van der Waals surface area contributed by atoms with Gasteiger partial charge in [0.2, 0.25) is 5.91 Å². The molecule has 0 radical (unpaired) electrons. The average Bonchev–Trinajstić information content (AvgIpc) is 3.07. The molecule has 146 valence electrons. The molecule has 8 heteroatoms. The van der Waals surface area contributed by atoms with Crippen molar-refractivity contribution < 1.29 is 13.2 Å². The van der Waals surface area contributed by atoms with Gasteiger partial charge in [-0.25, -0.2) is 8.42 Å². The van der Waals surface area contributed by atoms with E-state index in [-0.39, 0.29) is 29.3 Å². The average molecular weight is 421 g/mol. The number of sulfone groups is 1. The number of piperidine rings is 1. The highest BCUT2D eigenvalue weighted by atomic mass is 35.5. The molecule has 0 aromatic heterocycles. The van der Waals surface area contributed by atoms with Crippen LogP contribution in [0, 0.1) is 0 Å². The number of carbonyl (C=O) groups is 1. The van der Waals surface area contributed by atoms with Crippen LogP contribution in [0.1, 0.15) is 45.4 Å². The first-order valence-corrected chi connectivity index (χ1v) is 10.8. The molecule has 26 heavy (non-hydrogen) atoms. The van der Waals surface area contributed by atoms with Gasteiger partial charge in [0.15, 0.2) is 14.6 Å². The SMILES string of the molecule is CC1CC(NC(=O)C2(S(=O)(=O)c3ccc(Cl)cc3)CCCC2)CCN1.Cl. The first-order chi connectivity index (χ1) is 11.8. The van der Waals surface area contributed by atoms with Crippen molar-refractivity contribution in [2.75, 3.05) is 6.54 Å². The maximum absolute atomic E-state index is 13.3. The maximum atomic E-state index is 13.3. The number of rotatable bonds is 4. The lowest BCUT2D eigenvalue weighted by molar-refractivity contribution is -0.124. The summed E-state index contributed by atoms with van der Waals surface area (Å²) in [4.78, 5) is 13.3. The van der Waals surface area contributed by atoms with E-state index < -0.39 is 14.6 Å². The second kappa shape index (κ2) is 8.46. The van der Waals surface area contributed by atoms with Gasteiger partial charge in [-0.15, -0.1) is 12.4 Å². The first kappa shape index (κ1) is 21.5. The monoisotopic (exact) mass is 420 g/mol. The van der Waals surface area contributed by atoms with E-state index in [1.165, 1.54) is 12.1 Å². The minimum absolute atomic E-state index is 0. The van der Waals surface area contributed by atoms with Crippen molar-refractivity contribution in [2.24, 2.45) is 0 Å². The summed E-state index contributed by atoms with van der Waals surface area (Å²) < 4.78 is 25.2. The van der Waals surface area contributed by atoms with E-state index in [1.807, 2.05) is 0 Å². The Morgan fingerprint density at radius 1 is 1.23 bits per heavy atom. The quantitative estimate of drug-likeness (QED) is 0.784. The summed E-state index contributed by atoms with van der Waals surface area (Å²) in [6.45, 7) is 2.91. The van der Waals surface area contributed by atoms with E-state index in [0.717, 1.165) is 32.2 Å². The molecule has 0 bridgehead atoms. The molecule has 1 aliphatic heterocycles. The zero-order valence-corrected chi connectivity index (χ0v) is 17.2. The van der Waals surface area contributed by atoms with Crippen molar-refractivity contribution in [3.8, 4) is 0 Å². The van der Waals surface area contributed by atoms with E-state index in [2.05, 4.69) is 17.6 Å². The van der Waals surface area contributed by atoms with Gasteiger partial charge < -0.3 is 10.6 Å². The largest absolute Gasteiger partial charge is 0.352 e. The maximum Gasteiger partial charge on any atom is 0.242 e. The molecule has 2 unspecified atom stereocenters. The van der Waals surface area contributed by atoms with Gasteiger partial charge in [-0.05, 0) is 63.4 Å². The Morgan fingerprint density at radius 3 is 2.42 bits per heavy atom. The summed E-state index contributed by atoms with van der Waals surface area (Å²) in [6.07, 6.45) is 3.91. The zero-order chi connectivity index (χ0) is 18.1. The van der Waals surface area contributed by atoms with Crippen molar-refractivity contribution in [1.82, 2.24) is 10.6 Å². The van der Waals surface area contributed by atoms with E-state index >= 15 is 0 Å². The molecule has 2 N–H and O–H groups in total. The van der Waals surface area contributed by atoms with Crippen molar-refractivity contribution in [3.05, 3.63) is 29.3 Å². The molecule has 1 aliphatic carbocycles. The second-order valence-electron chi connectivity index (χ2n) is 7.21. The van der Waals surface area contributed by atoms with Crippen LogP contribution in [0.3, 0.4) is 0 Å². The van der Waals surface area contributed by atoms with E-state index in [4.69, 9.17) is 11.6 Å². The third kappa shape index (κ3) is 4.03. The smallest absolute Gasteiger partial charge is 0.242 e. The molecule has 1 saturated carbocycles. The van der Waals surface area contributed by atoms with Gasteiger partial charge in [-0.2, -0.15) is 0 Å². The summed E-state index contributed by atoms with van der Waals surface area (Å²) >= 11 is 5.88. The Hall–Kier alpha value is -0.820. The topological polar surface area (TPSA) is 75.3 Å². The van der Waals surface area contributed by atoms with E-state index in [0.29, 0.717) is 23.9 Å². The molecule has 5 nitrogen and oxygen atoms in total. The van der Waals surface area contributed by atoms with Gasteiger partial charge in [-0.3, -0.25) is 4.79 Å². The standard InChI is InChI=1S/C18H25ClN2O3S.ClH/c1-13-12-15(8-11-20-13)21-17(22)18(9-2-3-10-18)25(23,24)16-6-4-14(19)5-7-16;/h4-7,13,15,20H,2-3,8-12H2,1H3,(H,21,22);1H. The van der Waals surface area contributed by atoms with Gasteiger partial charge in [-0.1, -0.05) is 24.4 Å². The molecule has 2 atom stereocenters.